The number of aromatic amines is 1. The van der Waals surface area contributed by atoms with E-state index in [0.29, 0.717) is 23.1 Å². The van der Waals surface area contributed by atoms with E-state index >= 15 is 0 Å². The molecule has 2 aromatic carbocycles. The van der Waals surface area contributed by atoms with Gasteiger partial charge in [0.25, 0.3) is 0 Å². The zero-order chi connectivity index (χ0) is 17.8. The van der Waals surface area contributed by atoms with Crippen molar-refractivity contribution in [1.29, 1.82) is 0 Å². The topological polar surface area (TPSA) is 95.3 Å². The van der Waals surface area contributed by atoms with Gasteiger partial charge in [0.05, 0.1) is 27.4 Å². The third kappa shape index (κ3) is 3.41. The number of benzene rings is 2. The molecule has 0 radical (unpaired) electrons. The third-order valence-electron chi connectivity index (χ3n) is 3.91. The van der Waals surface area contributed by atoms with Crippen LogP contribution in [0.4, 0.5) is 0 Å². The zero-order valence-electron chi connectivity index (χ0n) is 14.3. The van der Waals surface area contributed by atoms with Crippen LogP contribution >= 0.6 is 0 Å². The van der Waals surface area contributed by atoms with Gasteiger partial charge in [0.1, 0.15) is 11.6 Å². The summed E-state index contributed by atoms with van der Waals surface area (Å²) in [7, 11) is 4.81. The van der Waals surface area contributed by atoms with Gasteiger partial charge in [-0.25, -0.2) is 4.98 Å². The maximum atomic E-state index is 6.32. The van der Waals surface area contributed by atoms with Gasteiger partial charge in [-0.15, -0.1) is 0 Å². The lowest BCUT2D eigenvalue weighted by atomic mass is 10.1. The summed E-state index contributed by atoms with van der Waals surface area (Å²) in [5.41, 5.74) is 8.04. The van der Waals surface area contributed by atoms with Crippen molar-refractivity contribution in [2.24, 2.45) is 5.73 Å². The highest BCUT2D eigenvalue weighted by Gasteiger charge is 2.17. The Morgan fingerprint density at radius 1 is 0.920 bits per heavy atom. The number of hydrogen-bond donors (Lipinski definition) is 2. The molecule has 0 bridgehead atoms. The second-order valence-corrected chi connectivity index (χ2v) is 5.36. The lowest BCUT2D eigenvalue weighted by Crippen LogP contribution is -2.14. The molecule has 0 aliphatic rings. The van der Waals surface area contributed by atoms with Gasteiger partial charge in [0.2, 0.25) is 0 Å². The summed E-state index contributed by atoms with van der Waals surface area (Å²) in [4.78, 5) is 4.51. The summed E-state index contributed by atoms with van der Waals surface area (Å²) in [6.07, 6.45) is 0. The van der Waals surface area contributed by atoms with Gasteiger partial charge in [-0.2, -0.15) is 5.10 Å². The maximum absolute atomic E-state index is 6.32. The van der Waals surface area contributed by atoms with Crippen molar-refractivity contribution in [3.63, 3.8) is 0 Å². The van der Waals surface area contributed by atoms with E-state index in [0.717, 1.165) is 16.9 Å². The Balaban J connectivity index is 1.86. The van der Waals surface area contributed by atoms with Crippen molar-refractivity contribution in [2.75, 3.05) is 21.3 Å². The molecule has 1 atom stereocenters. The van der Waals surface area contributed by atoms with E-state index in [4.69, 9.17) is 19.9 Å². The molecule has 0 aliphatic heterocycles. The molecule has 7 nitrogen and oxygen atoms in total. The molecule has 1 unspecified atom stereocenters. The second-order valence-electron chi connectivity index (χ2n) is 5.36. The fourth-order valence-electron chi connectivity index (χ4n) is 2.49. The Bertz CT molecular complexity index is 846. The smallest absolute Gasteiger partial charge is 0.181 e. The highest BCUT2D eigenvalue weighted by molar-refractivity contribution is 5.56. The van der Waals surface area contributed by atoms with Gasteiger partial charge in [0.15, 0.2) is 17.3 Å². The minimum atomic E-state index is -0.459. The molecule has 3 rings (SSSR count). The molecule has 0 amide bonds. The van der Waals surface area contributed by atoms with E-state index < -0.39 is 6.04 Å². The maximum Gasteiger partial charge on any atom is 0.181 e. The number of nitrogens with two attached hydrogens (primary N) is 1. The van der Waals surface area contributed by atoms with E-state index in [-0.39, 0.29) is 0 Å². The Labute approximate surface area is 145 Å². The molecule has 1 heterocycles. The van der Waals surface area contributed by atoms with Crippen LogP contribution in [0, 0.1) is 0 Å². The van der Waals surface area contributed by atoms with Gasteiger partial charge < -0.3 is 19.9 Å². The van der Waals surface area contributed by atoms with Crippen molar-refractivity contribution in [3.05, 3.63) is 53.9 Å². The van der Waals surface area contributed by atoms with Crippen molar-refractivity contribution in [3.8, 4) is 28.6 Å². The van der Waals surface area contributed by atoms with Crippen LogP contribution in [0.2, 0.25) is 0 Å². The zero-order valence-corrected chi connectivity index (χ0v) is 14.3. The third-order valence-corrected chi connectivity index (χ3v) is 3.91. The summed E-state index contributed by atoms with van der Waals surface area (Å²) in [6.45, 7) is 0. The predicted molar refractivity (Wildman–Crippen MR) is 93.9 cm³/mol. The highest BCUT2D eigenvalue weighted by atomic mass is 16.5. The van der Waals surface area contributed by atoms with Gasteiger partial charge in [-0.3, -0.25) is 5.10 Å². The van der Waals surface area contributed by atoms with E-state index in [1.807, 2.05) is 42.5 Å². The number of methoxy groups -OCH3 is 3. The van der Waals surface area contributed by atoms with Crippen LogP contribution in [0.25, 0.3) is 11.4 Å². The molecule has 3 N–H and O–H groups in total. The Hall–Kier alpha value is -3.06. The summed E-state index contributed by atoms with van der Waals surface area (Å²) >= 11 is 0. The molecule has 1 aromatic heterocycles. The molecular weight excluding hydrogens is 320 g/mol. The van der Waals surface area contributed by atoms with Crippen LogP contribution in [0.5, 0.6) is 17.2 Å². The summed E-state index contributed by atoms with van der Waals surface area (Å²) in [5.74, 6) is 3.19. The molecule has 0 fully saturated rings. The minimum Gasteiger partial charge on any atom is -0.497 e. The van der Waals surface area contributed by atoms with Crippen molar-refractivity contribution in [2.45, 2.75) is 6.04 Å². The molecule has 25 heavy (non-hydrogen) atoms. The molecular formula is C18H20N4O3. The molecule has 0 spiro atoms. The number of hydrogen-bond acceptors (Lipinski definition) is 6. The number of aromatic nitrogens is 3. The van der Waals surface area contributed by atoms with Crippen LogP contribution in [-0.4, -0.2) is 36.5 Å². The lowest BCUT2D eigenvalue weighted by molar-refractivity contribution is 0.354. The van der Waals surface area contributed by atoms with Crippen LogP contribution < -0.4 is 19.9 Å². The van der Waals surface area contributed by atoms with E-state index in [9.17, 15) is 0 Å². The van der Waals surface area contributed by atoms with E-state index in [1.54, 1.807) is 21.3 Å². The second kappa shape index (κ2) is 7.23. The molecule has 7 heteroatoms. The first-order valence-corrected chi connectivity index (χ1v) is 7.70. The number of ether oxygens (including phenoxy) is 3. The summed E-state index contributed by atoms with van der Waals surface area (Å²) in [6, 6.07) is 12.6. The Morgan fingerprint density at radius 3 is 2.28 bits per heavy atom. The average Bonchev–Trinajstić information content (AvgIpc) is 3.17. The standard InChI is InChI=1S/C18H20N4O3/c1-23-13-7-4-11(5-8-13)17-20-18(22-21-17)16(19)12-6-9-14(24-2)15(10-12)25-3/h4-10,16H,19H2,1-3H3,(H,20,21,22). The normalized spacial score (nSPS) is 11.8. The minimum absolute atomic E-state index is 0.459. The van der Waals surface area contributed by atoms with Gasteiger partial charge >= 0.3 is 0 Å². The first kappa shape index (κ1) is 16.8. The molecule has 3 aromatic rings. The van der Waals surface area contributed by atoms with Crippen LogP contribution in [0.3, 0.4) is 0 Å². The van der Waals surface area contributed by atoms with Crippen LogP contribution in [0.15, 0.2) is 42.5 Å². The molecule has 130 valence electrons. The Morgan fingerprint density at radius 2 is 1.64 bits per heavy atom. The van der Waals surface area contributed by atoms with Crippen molar-refractivity contribution >= 4 is 0 Å². The fourth-order valence-corrected chi connectivity index (χ4v) is 2.49. The lowest BCUT2D eigenvalue weighted by Gasteiger charge is -2.13. The number of rotatable bonds is 6. The SMILES string of the molecule is COc1ccc(-c2n[nH]c(C(N)c3ccc(OC)c(OC)c3)n2)cc1. The summed E-state index contributed by atoms with van der Waals surface area (Å²) < 4.78 is 15.7. The van der Waals surface area contributed by atoms with E-state index in [1.165, 1.54) is 0 Å². The number of H-pyrrole nitrogens is 1. The predicted octanol–water partition coefficient (Wildman–Crippen LogP) is 2.55. The Kier molecular flexibility index (Phi) is 4.85. The number of nitrogens with one attached hydrogen (secondary N) is 1. The van der Waals surface area contributed by atoms with Crippen molar-refractivity contribution in [1.82, 2.24) is 15.2 Å². The van der Waals surface area contributed by atoms with E-state index in [2.05, 4.69) is 15.2 Å². The highest BCUT2D eigenvalue weighted by Crippen LogP contribution is 2.31. The van der Waals surface area contributed by atoms with Gasteiger partial charge in [0, 0.05) is 5.56 Å². The quantitative estimate of drug-likeness (QED) is 0.716. The fraction of sp³-hybridized carbons (Fsp3) is 0.222. The average molecular weight is 340 g/mol. The first-order chi connectivity index (χ1) is 12.2. The molecule has 0 saturated heterocycles. The first-order valence-electron chi connectivity index (χ1n) is 7.70. The monoisotopic (exact) mass is 340 g/mol. The molecule has 0 aliphatic carbocycles. The molecule has 0 saturated carbocycles. The largest absolute Gasteiger partial charge is 0.497 e. The summed E-state index contributed by atoms with van der Waals surface area (Å²) in [5, 5.41) is 7.16. The number of nitrogens with zero attached hydrogens (tertiary/aromatic N) is 2. The van der Waals surface area contributed by atoms with Crippen molar-refractivity contribution < 1.29 is 14.2 Å². The van der Waals surface area contributed by atoms with Gasteiger partial charge in [-0.1, -0.05) is 6.07 Å². The van der Waals surface area contributed by atoms with Gasteiger partial charge in [-0.05, 0) is 42.0 Å². The van der Waals surface area contributed by atoms with Crippen LogP contribution in [0.1, 0.15) is 17.4 Å². The van der Waals surface area contributed by atoms with Crippen LogP contribution in [-0.2, 0) is 0 Å².